The molecular weight excluding hydrogens is 116 g/mol. The Balaban J connectivity index is 2.77. The lowest BCUT2D eigenvalue weighted by Crippen LogP contribution is -1.92. The summed E-state index contributed by atoms with van der Waals surface area (Å²) in [6.07, 6.45) is 3.68. The molecule has 3 heteroatoms. The molecule has 0 atom stereocenters. The van der Waals surface area contributed by atoms with Crippen LogP contribution in [-0.4, -0.2) is 16.0 Å². The Hall–Kier alpha value is -1.12. The Morgan fingerprint density at radius 1 is 1.89 bits per heavy atom. The quantitative estimate of drug-likeness (QED) is 0.598. The minimum absolute atomic E-state index is 0.128. The molecule has 0 spiro atoms. The Labute approximate surface area is 53.1 Å². The van der Waals surface area contributed by atoms with Gasteiger partial charge in [-0.2, -0.15) is 5.10 Å². The Morgan fingerprint density at radius 2 is 2.67 bits per heavy atom. The van der Waals surface area contributed by atoms with Crippen molar-refractivity contribution in [1.82, 2.24) is 10.2 Å². The van der Waals surface area contributed by atoms with Gasteiger partial charge in [0.25, 0.3) is 0 Å². The maximum absolute atomic E-state index is 10.8. The zero-order chi connectivity index (χ0) is 6.69. The number of carbonyl (C=O) groups excluding carboxylic acids is 1. The van der Waals surface area contributed by atoms with Crippen LogP contribution in [0.3, 0.4) is 0 Å². The normalized spacial score (nSPS) is 9.44. The van der Waals surface area contributed by atoms with Crippen LogP contribution in [-0.2, 0) is 0 Å². The summed E-state index contributed by atoms with van der Waals surface area (Å²) in [4.78, 5) is 10.8. The van der Waals surface area contributed by atoms with Crippen molar-refractivity contribution in [1.29, 1.82) is 0 Å². The first kappa shape index (κ1) is 6.01. The lowest BCUT2D eigenvalue weighted by Gasteiger charge is -1.85. The lowest BCUT2D eigenvalue weighted by atomic mass is 10.2. The first-order valence-corrected chi connectivity index (χ1v) is 2.86. The van der Waals surface area contributed by atoms with E-state index in [1.165, 1.54) is 6.20 Å². The van der Waals surface area contributed by atoms with Gasteiger partial charge in [-0.25, -0.2) is 0 Å². The summed E-state index contributed by atoms with van der Waals surface area (Å²) in [7, 11) is 0. The molecular formula is C6H8N2O. The molecule has 0 saturated heterocycles. The molecule has 9 heavy (non-hydrogen) atoms. The third-order valence-electron chi connectivity index (χ3n) is 1.14. The number of aromatic amines is 1. The van der Waals surface area contributed by atoms with Gasteiger partial charge in [0.2, 0.25) is 0 Å². The summed E-state index contributed by atoms with van der Waals surface area (Å²) in [5, 5.41) is 6.22. The van der Waals surface area contributed by atoms with Gasteiger partial charge in [0.1, 0.15) is 0 Å². The van der Waals surface area contributed by atoms with E-state index < -0.39 is 0 Å². The van der Waals surface area contributed by atoms with Crippen LogP contribution in [0.4, 0.5) is 0 Å². The number of H-pyrrole nitrogens is 1. The predicted molar refractivity (Wildman–Crippen MR) is 33.2 cm³/mol. The molecule has 3 nitrogen and oxygen atoms in total. The van der Waals surface area contributed by atoms with Gasteiger partial charge < -0.3 is 0 Å². The van der Waals surface area contributed by atoms with Crippen molar-refractivity contribution < 1.29 is 4.79 Å². The van der Waals surface area contributed by atoms with E-state index in [0.29, 0.717) is 12.0 Å². The van der Waals surface area contributed by atoms with Crippen LogP contribution >= 0.6 is 0 Å². The molecule has 0 aliphatic rings. The summed E-state index contributed by atoms with van der Waals surface area (Å²) >= 11 is 0. The van der Waals surface area contributed by atoms with Gasteiger partial charge in [-0.15, -0.1) is 0 Å². The van der Waals surface area contributed by atoms with E-state index in [0.717, 1.165) is 0 Å². The van der Waals surface area contributed by atoms with Crippen LogP contribution in [0.1, 0.15) is 23.7 Å². The second-order valence-corrected chi connectivity index (χ2v) is 1.76. The fourth-order valence-electron chi connectivity index (χ4n) is 0.608. The zero-order valence-corrected chi connectivity index (χ0v) is 5.22. The summed E-state index contributed by atoms with van der Waals surface area (Å²) in [5.74, 6) is 0.128. The van der Waals surface area contributed by atoms with E-state index >= 15 is 0 Å². The SMILES string of the molecule is CCC(=O)c1cn[nH]c1. The zero-order valence-electron chi connectivity index (χ0n) is 5.22. The number of carbonyl (C=O) groups is 1. The number of hydrogen-bond donors (Lipinski definition) is 1. The number of ketones is 1. The molecule has 0 bridgehead atoms. The van der Waals surface area contributed by atoms with E-state index in [2.05, 4.69) is 10.2 Å². The van der Waals surface area contributed by atoms with Crippen LogP contribution < -0.4 is 0 Å². The smallest absolute Gasteiger partial charge is 0.165 e. The molecule has 1 aromatic rings. The van der Waals surface area contributed by atoms with Crippen molar-refractivity contribution in [2.75, 3.05) is 0 Å². The molecule has 1 aromatic heterocycles. The van der Waals surface area contributed by atoms with Crippen molar-refractivity contribution in [2.24, 2.45) is 0 Å². The summed E-state index contributed by atoms with van der Waals surface area (Å²) in [6, 6.07) is 0. The minimum Gasteiger partial charge on any atom is -0.294 e. The van der Waals surface area contributed by atoms with Crippen molar-refractivity contribution in [3.63, 3.8) is 0 Å². The largest absolute Gasteiger partial charge is 0.294 e. The fourth-order valence-corrected chi connectivity index (χ4v) is 0.608. The highest BCUT2D eigenvalue weighted by Crippen LogP contribution is 1.97. The lowest BCUT2D eigenvalue weighted by molar-refractivity contribution is 0.0988. The van der Waals surface area contributed by atoms with Crippen molar-refractivity contribution in [3.8, 4) is 0 Å². The van der Waals surface area contributed by atoms with Gasteiger partial charge in [0.05, 0.1) is 11.8 Å². The first-order valence-electron chi connectivity index (χ1n) is 2.86. The molecule has 0 amide bonds. The molecule has 0 aromatic carbocycles. The summed E-state index contributed by atoms with van der Waals surface area (Å²) in [5.41, 5.74) is 0.664. The van der Waals surface area contributed by atoms with E-state index in [-0.39, 0.29) is 5.78 Å². The molecule has 48 valence electrons. The Bertz CT molecular complexity index is 191. The molecule has 1 heterocycles. The molecule has 0 saturated carbocycles. The molecule has 0 aliphatic heterocycles. The van der Waals surface area contributed by atoms with Crippen LogP contribution in [0.25, 0.3) is 0 Å². The van der Waals surface area contributed by atoms with Crippen LogP contribution in [0.5, 0.6) is 0 Å². The van der Waals surface area contributed by atoms with Gasteiger partial charge in [0, 0.05) is 12.6 Å². The van der Waals surface area contributed by atoms with Gasteiger partial charge in [-0.05, 0) is 0 Å². The van der Waals surface area contributed by atoms with E-state index in [1.54, 1.807) is 6.20 Å². The number of nitrogens with one attached hydrogen (secondary N) is 1. The van der Waals surface area contributed by atoms with Gasteiger partial charge >= 0.3 is 0 Å². The maximum Gasteiger partial charge on any atom is 0.165 e. The highest BCUT2D eigenvalue weighted by molar-refractivity contribution is 5.95. The summed E-state index contributed by atoms with van der Waals surface area (Å²) < 4.78 is 0. The number of Topliss-reactive ketones (excluding diaryl/α,β-unsaturated/α-hetero) is 1. The molecule has 0 unspecified atom stereocenters. The Morgan fingerprint density at radius 3 is 3.11 bits per heavy atom. The fraction of sp³-hybridized carbons (Fsp3) is 0.333. The highest BCUT2D eigenvalue weighted by atomic mass is 16.1. The number of hydrogen-bond acceptors (Lipinski definition) is 2. The second kappa shape index (κ2) is 2.44. The van der Waals surface area contributed by atoms with Crippen molar-refractivity contribution in [2.45, 2.75) is 13.3 Å². The highest BCUT2D eigenvalue weighted by Gasteiger charge is 2.01. The predicted octanol–water partition coefficient (Wildman–Crippen LogP) is 1.00. The molecule has 1 rings (SSSR count). The summed E-state index contributed by atoms with van der Waals surface area (Å²) in [6.45, 7) is 1.83. The van der Waals surface area contributed by atoms with Crippen LogP contribution in [0, 0.1) is 0 Å². The second-order valence-electron chi connectivity index (χ2n) is 1.76. The van der Waals surface area contributed by atoms with Gasteiger partial charge in [0.15, 0.2) is 5.78 Å². The monoisotopic (exact) mass is 124 g/mol. The van der Waals surface area contributed by atoms with E-state index in [4.69, 9.17) is 0 Å². The van der Waals surface area contributed by atoms with Crippen LogP contribution in [0.15, 0.2) is 12.4 Å². The minimum atomic E-state index is 0.128. The molecule has 1 N–H and O–H groups in total. The maximum atomic E-state index is 10.8. The molecule has 0 aliphatic carbocycles. The van der Waals surface area contributed by atoms with Crippen molar-refractivity contribution >= 4 is 5.78 Å². The number of nitrogens with zero attached hydrogens (tertiary/aromatic N) is 1. The average Bonchev–Trinajstić information content (AvgIpc) is 2.37. The first-order chi connectivity index (χ1) is 4.34. The average molecular weight is 124 g/mol. The topological polar surface area (TPSA) is 45.8 Å². The standard InChI is InChI=1S/C6H8N2O/c1-2-6(9)5-3-7-8-4-5/h3-4H,2H2,1H3,(H,7,8). The van der Waals surface area contributed by atoms with Gasteiger partial charge in [-0.1, -0.05) is 6.92 Å². The third kappa shape index (κ3) is 1.16. The van der Waals surface area contributed by atoms with E-state index in [1.807, 2.05) is 6.92 Å². The van der Waals surface area contributed by atoms with Crippen LogP contribution in [0.2, 0.25) is 0 Å². The molecule has 0 fully saturated rings. The Kier molecular flexibility index (Phi) is 1.63. The van der Waals surface area contributed by atoms with Gasteiger partial charge in [-0.3, -0.25) is 9.89 Å². The van der Waals surface area contributed by atoms with Crippen molar-refractivity contribution in [3.05, 3.63) is 18.0 Å². The van der Waals surface area contributed by atoms with E-state index in [9.17, 15) is 4.79 Å². The third-order valence-corrected chi connectivity index (χ3v) is 1.14. The molecule has 0 radical (unpaired) electrons. The number of rotatable bonds is 2. The number of aromatic nitrogens is 2.